The second kappa shape index (κ2) is 13.0. The van der Waals surface area contributed by atoms with Crippen LogP contribution in [0.25, 0.3) is 0 Å². The van der Waals surface area contributed by atoms with E-state index in [4.69, 9.17) is 15.2 Å². The number of guanidine groups is 1. The highest BCUT2D eigenvalue weighted by Crippen LogP contribution is 2.33. The van der Waals surface area contributed by atoms with Gasteiger partial charge in [0.1, 0.15) is 5.75 Å². The normalized spacial score (nSPS) is 11.0. The summed E-state index contributed by atoms with van der Waals surface area (Å²) >= 11 is 0. The molecule has 0 aliphatic carbocycles. The lowest BCUT2D eigenvalue weighted by Crippen LogP contribution is -2.33. The molecule has 3 N–H and O–H groups in total. The number of nitrogens with two attached hydrogens (primary N) is 1. The molecule has 0 atom stereocenters. The predicted octanol–water partition coefficient (Wildman–Crippen LogP) is 3.96. The van der Waals surface area contributed by atoms with Crippen molar-refractivity contribution in [2.24, 2.45) is 10.7 Å². The average molecular weight is 521 g/mol. The predicted molar refractivity (Wildman–Crippen MR) is 120 cm³/mol. The van der Waals surface area contributed by atoms with Crippen LogP contribution in [0.3, 0.4) is 0 Å². The highest BCUT2D eigenvalue weighted by Gasteiger charge is 2.15. The first-order chi connectivity index (χ1) is 13.5. The summed E-state index contributed by atoms with van der Waals surface area (Å²) in [4.78, 5) is 4.21. The van der Waals surface area contributed by atoms with Crippen LogP contribution in [0.4, 0.5) is 8.78 Å². The zero-order chi connectivity index (χ0) is 20.4. The minimum atomic E-state index is -2.95. The van der Waals surface area contributed by atoms with Crippen molar-refractivity contribution < 1.29 is 23.0 Å². The molecule has 0 unspecified atom stereocenters. The molecule has 0 aliphatic rings. The van der Waals surface area contributed by atoms with E-state index in [1.165, 1.54) is 0 Å². The third-order valence-corrected chi connectivity index (χ3v) is 3.87. The fourth-order valence-electron chi connectivity index (χ4n) is 2.53. The molecular formula is C20H26F2IN3O3. The van der Waals surface area contributed by atoms with Crippen molar-refractivity contribution in [3.8, 4) is 17.2 Å². The maximum Gasteiger partial charge on any atom is 0.387 e. The third kappa shape index (κ3) is 8.30. The molecule has 2 rings (SSSR count). The van der Waals surface area contributed by atoms with Gasteiger partial charge in [0.05, 0.1) is 20.3 Å². The Kier molecular flexibility index (Phi) is 11.1. The van der Waals surface area contributed by atoms with Crippen molar-refractivity contribution in [1.29, 1.82) is 0 Å². The third-order valence-electron chi connectivity index (χ3n) is 3.87. The Balaban J connectivity index is 0.00000420. The van der Waals surface area contributed by atoms with Crippen LogP contribution in [-0.2, 0) is 13.0 Å². The van der Waals surface area contributed by atoms with Crippen molar-refractivity contribution in [3.63, 3.8) is 0 Å². The van der Waals surface area contributed by atoms with E-state index < -0.39 is 6.61 Å². The van der Waals surface area contributed by atoms with Gasteiger partial charge in [0, 0.05) is 12.1 Å². The fraction of sp³-hybridized carbons (Fsp3) is 0.350. The van der Waals surface area contributed by atoms with Crippen LogP contribution in [0.5, 0.6) is 17.2 Å². The van der Waals surface area contributed by atoms with Crippen molar-refractivity contribution in [3.05, 3.63) is 53.6 Å². The largest absolute Gasteiger partial charge is 0.497 e. The van der Waals surface area contributed by atoms with Crippen LogP contribution in [0.15, 0.2) is 47.5 Å². The SMILES string of the molecule is CCOc1cccc(CN=C(N)NCCc2ccc(OC)cc2)c1OC(F)F.I. The molecule has 0 radical (unpaired) electrons. The fourth-order valence-corrected chi connectivity index (χ4v) is 2.53. The van der Waals surface area contributed by atoms with Crippen molar-refractivity contribution in [2.45, 2.75) is 26.5 Å². The number of para-hydroxylation sites is 1. The number of aliphatic imine (C=N–C) groups is 1. The second-order valence-electron chi connectivity index (χ2n) is 5.78. The number of hydrogen-bond donors (Lipinski definition) is 2. The number of alkyl halides is 2. The summed E-state index contributed by atoms with van der Waals surface area (Å²) < 4.78 is 40.6. The molecule has 0 spiro atoms. The average Bonchev–Trinajstić information content (AvgIpc) is 2.68. The van der Waals surface area contributed by atoms with Gasteiger partial charge in [-0.25, -0.2) is 4.99 Å². The molecule has 0 bridgehead atoms. The van der Waals surface area contributed by atoms with Crippen LogP contribution in [0, 0.1) is 0 Å². The van der Waals surface area contributed by atoms with E-state index in [1.807, 2.05) is 24.3 Å². The molecule has 0 aliphatic heterocycles. The van der Waals surface area contributed by atoms with Crippen LogP contribution < -0.4 is 25.3 Å². The van der Waals surface area contributed by atoms with Gasteiger partial charge < -0.3 is 25.3 Å². The van der Waals surface area contributed by atoms with E-state index >= 15 is 0 Å². The zero-order valence-corrected chi connectivity index (χ0v) is 18.7. The summed E-state index contributed by atoms with van der Waals surface area (Å²) in [5.41, 5.74) is 7.47. The van der Waals surface area contributed by atoms with E-state index in [2.05, 4.69) is 15.0 Å². The van der Waals surface area contributed by atoms with Crippen LogP contribution in [-0.4, -0.2) is 32.8 Å². The Morgan fingerprint density at radius 2 is 1.90 bits per heavy atom. The molecule has 9 heteroatoms. The van der Waals surface area contributed by atoms with Gasteiger partial charge in [-0.2, -0.15) is 8.78 Å². The summed E-state index contributed by atoms with van der Waals surface area (Å²) in [6.45, 7) is -0.182. The molecule has 160 valence electrons. The minimum absolute atomic E-state index is 0. The monoisotopic (exact) mass is 521 g/mol. The standard InChI is InChI=1S/C20H25F2N3O3.HI/c1-3-27-17-6-4-5-15(18(17)28-19(21)22)13-25-20(23)24-12-11-14-7-9-16(26-2)10-8-14;/h4-10,19H,3,11-13H2,1-2H3,(H3,23,24,25);1H. The Hall–Kier alpha value is -2.30. The van der Waals surface area contributed by atoms with Gasteiger partial charge in [-0.3, -0.25) is 0 Å². The van der Waals surface area contributed by atoms with Gasteiger partial charge in [0.15, 0.2) is 17.5 Å². The molecule has 29 heavy (non-hydrogen) atoms. The molecule has 0 heterocycles. The van der Waals surface area contributed by atoms with Crippen molar-refractivity contribution in [2.75, 3.05) is 20.3 Å². The van der Waals surface area contributed by atoms with Crippen molar-refractivity contribution >= 4 is 29.9 Å². The van der Waals surface area contributed by atoms with E-state index in [0.717, 1.165) is 17.7 Å². The number of nitrogens with one attached hydrogen (secondary N) is 1. The zero-order valence-electron chi connectivity index (χ0n) is 16.4. The molecule has 6 nitrogen and oxygen atoms in total. The number of rotatable bonds is 10. The van der Waals surface area contributed by atoms with Gasteiger partial charge in [-0.1, -0.05) is 24.3 Å². The Morgan fingerprint density at radius 1 is 1.17 bits per heavy atom. The first-order valence-electron chi connectivity index (χ1n) is 8.89. The Morgan fingerprint density at radius 3 is 2.52 bits per heavy atom. The first kappa shape index (κ1) is 24.7. The lowest BCUT2D eigenvalue weighted by Gasteiger charge is -2.14. The highest BCUT2D eigenvalue weighted by atomic mass is 127. The summed E-state index contributed by atoms with van der Waals surface area (Å²) in [6.07, 6.45) is 0.750. The molecule has 0 aromatic heterocycles. The number of benzene rings is 2. The van der Waals surface area contributed by atoms with Gasteiger partial charge in [0.25, 0.3) is 0 Å². The van der Waals surface area contributed by atoms with Crippen molar-refractivity contribution in [1.82, 2.24) is 5.32 Å². The summed E-state index contributed by atoms with van der Waals surface area (Å²) in [5.74, 6) is 1.25. The van der Waals surface area contributed by atoms with Gasteiger partial charge in [-0.15, -0.1) is 24.0 Å². The van der Waals surface area contributed by atoms with Gasteiger partial charge in [0.2, 0.25) is 0 Å². The maximum absolute atomic E-state index is 12.7. The molecule has 0 fully saturated rings. The summed E-state index contributed by atoms with van der Waals surface area (Å²) in [6, 6.07) is 12.6. The van der Waals surface area contributed by atoms with E-state index in [1.54, 1.807) is 32.2 Å². The van der Waals surface area contributed by atoms with Crippen LogP contribution >= 0.6 is 24.0 Å². The van der Waals surface area contributed by atoms with E-state index in [9.17, 15) is 8.78 Å². The molecule has 2 aromatic rings. The molecule has 0 amide bonds. The quantitative estimate of drug-likeness (QED) is 0.281. The minimum Gasteiger partial charge on any atom is -0.497 e. The van der Waals surface area contributed by atoms with Gasteiger partial charge in [-0.05, 0) is 37.1 Å². The number of nitrogens with zero attached hydrogens (tertiary/aromatic N) is 1. The highest BCUT2D eigenvalue weighted by molar-refractivity contribution is 14.0. The molecule has 2 aromatic carbocycles. The number of ether oxygens (including phenoxy) is 3. The maximum atomic E-state index is 12.7. The Labute approximate surface area is 186 Å². The number of methoxy groups -OCH3 is 1. The topological polar surface area (TPSA) is 78.1 Å². The van der Waals surface area contributed by atoms with Crippen LogP contribution in [0.1, 0.15) is 18.1 Å². The first-order valence-corrected chi connectivity index (χ1v) is 8.89. The lowest BCUT2D eigenvalue weighted by atomic mass is 10.1. The second-order valence-corrected chi connectivity index (χ2v) is 5.78. The van der Waals surface area contributed by atoms with Crippen LogP contribution in [0.2, 0.25) is 0 Å². The smallest absolute Gasteiger partial charge is 0.387 e. The van der Waals surface area contributed by atoms with E-state index in [-0.39, 0.29) is 48.0 Å². The summed E-state index contributed by atoms with van der Waals surface area (Å²) in [5, 5.41) is 3.01. The molecule has 0 saturated carbocycles. The molecule has 0 saturated heterocycles. The number of hydrogen-bond acceptors (Lipinski definition) is 4. The number of halogens is 3. The summed E-state index contributed by atoms with van der Waals surface area (Å²) in [7, 11) is 1.62. The van der Waals surface area contributed by atoms with Gasteiger partial charge >= 0.3 is 6.61 Å². The van der Waals surface area contributed by atoms with E-state index in [0.29, 0.717) is 18.7 Å². The Bertz CT molecular complexity index is 774. The molecular weight excluding hydrogens is 495 g/mol. The lowest BCUT2D eigenvalue weighted by molar-refractivity contribution is -0.0520.